The van der Waals surface area contributed by atoms with Crippen molar-refractivity contribution in [2.45, 2.75) is 51.3 Å². The van der Waals surface area contributed by atoms with Crippen LogP contribution in [0.1, 0.15) is 60.1 Å². The fraction of sp³-hybridized carbons (Fsp3) is 0.343. The van der Waals surface area contributed by atoms with E-state index in [1.807, 2.05) is 42.7 Å². The van der Waals surface area contributed by atoms with Crippen molar-refractivity contribution in [3.05, 3.63) is 83.9 Å². The molecule has 1 saturated heterocycles. The number of ether oxygens (including phenoxy) is 1. The van der Waals surface area contributed by atoms with Gasteiger partial charge in [-0.1, -0.05) is 18.2 Å². The molecule has 0 atom stereocenters. The lowest BCUT2D eigenvalue weighted by Crippen LogP contribution is -2.50. The van der Waals surface area contributed by atoms with Crippen LogP contribution in [-0.2, 0) is 6.61 Å². The van der Waals surface area contributed by atoms with Crippen molar-refractivity contribution in [3.63, 3.8) is 0 Å². The average molecular weight is 589 g/mol. The van der Waals surface area contributed by atoms with E-state index in [1.165, 1.54) is 18.4 Å². The van der Waals surface area contributed by atoms with Crippen molar-refractivity contribution in [3.8, 4) is 28.3 Å². The number of nitrogens with zero attached hydrogens (tertiary/aromatic N) is 5. The van der Waals surface area contributed by atoms with Crippen LogP contribution in [0.4, 0.5) is 5.69 Å². The van der Waals surface area contributed by atoms with Crippen LogP contribution in [0.3, 0.4) is 0 Å². The molecular formula is C35H36N6O3. The molecule has 8 rings (SSSR count). The van der Waals surface area contributed by atoms with Crippen molar-refractivity contribution >= 4 is 22.6 Å². The largest absolute Gasteiger partial charge is 0.491 e. The van der Waals surface area contributed by atoms with Gasteiger partial charge in [0.05, 0.1) is 42.5 Å². The van der Waals surface area contributed by atoms with Gasteiger partial charge < -0.3 is 24.3 Å². The fourth-order valence-corrected chi connectivity index (χ4v) is 6.65. The monoisotopic (exact) mass is 588 g/mol. The molecule has 2 fully saturated rings. The lowest BCUT2D eigenvalue weighted by atomic mass is 9.96. The molecule has 3 aliphatic rings. The predicted octanol–water partition coefficient (Wildman–Crippen LogP) is 5.77. The Morgan fingerprint density at radius 3 is 2.70 bits per heavy atom. The number of imidazole rings is 1. The molecule has 2 N–H and O–H groups in total. The summed E-state index contributed by atoms with van der Waals surface area (Å²) in [6, 6.07) is 16.9. The highest BCUT2D eigenvalue weighted by molar-refractivity contribution is 6.09. The molecule has 224 valence electrons. The third-order valence-electron chi connectivity index (χ3n) is 9.44. The maximum absolute atomic E-state index is 13.9. The summed E-state index contributed by atoms with van der Waals surface area (Å²) < 4.78 is 8.28. The number of hydrogen-bond acceptors (Lipinski definition) is 6. The van der Waals surface area contributed by atoms with E-state index < -0.39 is 0 Å². The zero-order valence-electron chi connectivity index (χ0n) is 25.0. The van der Waals surface area contributed by atoms with E-state index >= 15 is 0 Å². The molecule has 44 heavy (non-hydrogen) atoms. The lowest BCUT2D eigenvalue weighted by Gasteiger charge is -2.42. The topological polar surface area (TPSA) is 99.5 Å². The van der Waals surface area contributed by atoms with Crippen molar-refractivity contribution in [2.75, 3.05) is 31.1 Å². The van der Waals surface area contributed by atoms with Crippen LogP contribution in [0.2, 0.25) is 0 Å². The Labute approximate surface area is 256 Å². The van der Waals surface area contributed by atoms with Gasteiger partial charge >= 0.3 is 0 Å². The normalized spacial score (nSPS) is 17.5. The van der Waals surface area contributed by atoms with E-state index in [1.54, 1.807) is 11.1 Å². The van der Waals surface area contributed by atoms with E-state index in [2.05, 4.69) is 51.6 Å². The van der Waals surface area contributed by atoms with Gasteiger partial charge in [-0.05, 0) is 79.6 Å². The first kappa shape index (κ1) is 27.1. The van der Waals surface area contributed by atoms with Gasteiger partial charge in [-0.25, -0.2) is 9.97 Å². The number of benzene rings is 2. The number of aliphatic hydroxyl groups is 1. The van der Waals surface area contributed by atoms with E-state index in [-0.39, 0.29) is 12.5 Å². The maximum Gasteiger partial charge on any atom is 0.262 e. The molecular weight excluding hydrogens is 552 g/mol. The van der Waals surface area contributed by atoms with Gasteiger partial charge in [-0.3, -0.25) is 9.69 Å². The molecule has 3 aromatic heterocycles. The third kappa shape index (κ3) is 4.58. The first-order valence-corrected chi connectivity index (χ1v) is 15.6. The molecule has 5 heterocycles. The molecule has 0 radical (unpaired) electrons. The number of amides is 1. The smallest absolute Gasteiger partial charge is 0.262 e. The molecule has 2 aliphatic heterocycles. The third-order valence-corrected chi connectivity index (χ3v) is 9.44. The lowest BCUT2D eigenvalue weighted by molar-refractivity contribution is 0.0743. The van der Waals surface area contributed by atoms with Gasteiger partial charge in [0.25, 0.3) is 5.91 Å². The number of pyridine rings is 1. The second-order valence-electron chi connectivity index (χ2n) is 12.5. The van der Waals surface area contributed by atoms with Crippen LogP contribution < -0.4 is 9.64 Å². The van der Waals surface area contributed by atoms with Crippen molar-refractivity contribution < 1.29 is 14.6 Å². The van der Waals surface area contributed by atoms with Crippen molar-refractivity contribution in [2.24, 2.45) is 0 Å². The molecule has 5 aromatic rings. The number of anilines is 1. The Kier molecular flexibility index (Phi) is 6.53. The van der Waals surface area contributed by atoms with Crippen LogP contribution >= 0.6 is 0 Å². The van der Waals surface area contributed by atoms with Gasteiger partial charge in [0, 0.05) is 42.5 Å². The Morgan fingerprint density at radius 2 is 1.91 bits per heavy atom. The summed E-state index contributed by atoms with van der Waals surface area (Å²) in [6.07, 6.45) is 8.18. The van der Waals surface area contributed by atoms with E-state index in [0.717, 1.165) is 46.6 Å². The molecule has 9 nitrogen and oxygen atoms in total. The SMILES string of the molecule is CC(C)N1CC(n2cnc(-c3cc4c(-c5cccc(N6CCOc7cc(C8CC8)ccc7C6=O)c5CO)ccnc4[nH]3)c2)C1. The van der Waals surface area contributed by atoms with Crippen molar-refractivity contribution in [1.29, 1.82) is 0 Å². The van der Waals surface area contributed by atoms with Crippen LogP contribution in [0.15, 0.2) is 67.3 Å². The summed E-state index contributed by atoms with van der Waals surface area (Å²) in [7, 11) is 0. The van der Waals surface area contributed by atoms with E-state index in [0.29, 0.717) is 53.7 Å². The molecule has 0 unspecified atom stereocenters. The van der Waals surface area contributed by atoms with Crippen LogP contribution in [0.5, 0.6) is 5.75 Å². The Hall–Kier alpha value is -4.47. The van der Waals surface area contributed by atoms with E-state index in [4.69, 9.17) is 9.72 Å². The zero-order chi connectivity index (χ0) is 29.9. The number of carbonyl (C=O) groups is 1. The fourth-order valence-electron chi connectivity index (χ4n) is 6.65. The standard InChI is InChI=1S/C35H36N6O3/c1-21(2)39-16-24(17-39)40-18-31(37-20-40)30-15-28-26(10-11-36-34(28)38-30)25-4-3-5-32(29(25)19-42)41-12-13-44-33-14-23(22-6-7-22)8-9-27(33)35(41)43/h3-5,8-11,14-15,18,20-22,24,42H,6-7,12-13,16-17,19H2,1-2H3,(H,36,38). The van der Waals surface area contributed by atoms with Crippen LogP contribution in [0.25, 0.3) is 33.5 Å². The molecule has 1 amide bonds. The van der Waals surface area contributed by atoms with Gasteiger partial charge in [-0.2, -0.15) is 0 Å². The second kappa shape index (κ2) is 10.6. The molecule has 1 saturated carbocycles. The molecule has 0 bridgehead atoms. The number of aromatic nitrogens is 4. The first-order chi connectivity index (χ1) is 21.5. The minimum atomic E-state index is -0.218. The summed E-state index contributed by atoms with van der Waals surface area (Å²) in [6.45, 7) is 7.07. The highest BCUT2D eigenvalue weighted by atomic mass is 16.5. The number of fused-ring (bicyclic) bond motifs is 2. The number of rotatable bonds is 7. The summed E-state index contributed by atoms with van der Waals surface area (Å²) in [5.41, 5.74) is 7.47. The maximum atomic E-state index is 13.9. The Morgan fingerprint density at radius 1 is 1.05 bits per heavy atom. The summed E-state index contributed by atoms with van der Waals surface area (Å²) in [4.78, 5) is 30.9. The zero-order valence-corrected chi connectivity index (χ0v) is 25.0. The average Bonchev–Trinajstić information content (AvgIpc) is 3.63. The number of H-pyrrole nitrogens is 1. The highest BCUT2D eigenvalue weighted by Gasteiger charge is 2.31. The molecule has 1 aliphatic carbocycles. The van der Waals surface area contributed by atoms with Gasteiger partial charge in [0.15, 0.2) is 0 Å². The van der Waals surface area contributed by atoms with Gasteiger partial charge in [-0.15, -0.1) is 0 Å². The highest BCUT2D eigenvalue weighted by Crippen LogP contribution is 2.43. The summed E-state index contributed by atoms with van der Waals surface area (Å²) in [5, 5.41) is 11.7. The first-order valence-electron chi connectivity index (χ1n) is 15.6. The minimum absolute atomic E-state index is 0.117. The number of nitrogens with one attached hydrogen (secondary N) is 1. The Balaban J connectivity index is 1.13. The van der Waals surface area contributed by atoms with Gasteiger partial charge in [0.2, 0.25) is 0 Å². The minimum Gasteiger partial charge on any atom is -0.491 e. The van der Waals surface area contributed by atoms with Crippen LogP contribution in [-0.4, -0.2) is 67.7 Å². The number of carbonyl (C=O) groups excluding carboxylic acids is 1. The molecule has 0 spiro atoms. The predicted molar refractivity (Wildman–Crippen MR) is 170 cm³/mol. The number of aliphatic hydroxyl groups excluding tert-OH is 1. The Bertz CT molecular complexity index is 1880. The number of hydrogen-bond donors (Lipinski definition) is 2. The molecule has 9 heteroatoms. The molecule has 2 aromatic carbocycles. The number of likely N-dealkylation sites (tertiary alicyclic amines) is 1. The van der Waals surface area contributed by atoms with Crippen LogP contribution in [0, 0.1) is 0 Å². The summed E-state index contributed by atoms with van der Waals surface area (Å²) in [5.74, 6) is 1.11. The second-order valence-corrected chi connectivity index (χ2v) is 12.5. The van der Waals surface area contributed by atoms with E-state index in [9.17, 15) is 9.90 Å². The van der Waals surface area contributed by atoms with Gasteiger partial charge in [0.1, 0.15) is 23.7 Å². The van der Waals surface area contributed by atoms with Crippen molar-refractivity contribution in [1.82, 2.24) is 24.4 Å². The number of aromatic amines is 1. The summed E-state index contributed by atoms with van der Waals surface area (Å²) >= 11 is 0. The quantitative estimate of drug-likeness (QED) is 0.251.